The van der Waals surface area contributed by atoms with Gasteiger partial charge in [0.25, 0.3) is 5.91 Å². The molecule has 2 atom stereocenters. The molecule has 3 heterocycles. The Morgan fingerprint density at radius 2 is 2.08 bits per heavy atom. The summed E-state index contributed by atoms with van der Waals surface area (Å²) in [4.78, 5) is 20.8. The SMILES string of the molecule is O=C(c1ccc2[nH]ccc2c1)N1CC[C@@H]2CN(CC3CC3)CCO[C@@H]2C1. The first-order valence-corrected chi connectivity index (χ1v) is 9.96. The van der Waals surface area contributed by atoms with Crippen LogP contribution < -0.4 is 0 Å². The molecule has 5 heteroatoms. The van der Waals surface area contributed by atoms with Crippen LogP contribution in [0.1, 0.15) is 29.6 Å². The number of hydrogen-bond donors (Lipinski definition) is 1. The molecule has 0 spiro atoms. The van der Waals surface area contributed by atoms with E-state index in [2.05, 4.69) is 9.88 Å². The Morgan fingerprint density at radius 1 is 1.15 bits per heavy atom. The molecule has 1 aromatic heterocycles. The summed E-state index contributed by atoms with van der Waals surface area (Å²) >= 11 is 0. The van der Waals surface area contributed by atoms with Crippen LogP contribution in [0.3, 0.4) is 0 Å². The number of ether oxygens (including phenoxy) is 1. The number of hydrogen-bond acceptors (Lipinski definition) is 3. The standard InChI is InChI=1S/C21H27N3O2/c25-21(17-3-4-19-16(11-17)5-7-22-19)24-8-6-18-13-23(12-15-1-2-15)9-10-26-20(18)14-24/h3-5,7,11,15,18,20,22H,1-2,6,8-10,12-14H2/t18-,20-/m1/s1. The Hall–Kier alpha value is -1.85. The molecule has 0 radical (unpaired) electrons. The van der Waals surface area contributed by atoms with Crippen molar-refractivity contribution < 1.29 is 9.53 Å². The molecule has 138 valence electrons. The molecule has 1 amide bonds. The minimum atomic E-state index is 0.134. The molecule has 3 fully saturated rings. The van der Waals surface area contributed by atoms with Crippen LogP contribution in [0.2, 0.25) is 0 Å². The van der Waals surface area contributed by atoms with Crippen molar-refractivity contribution in [1.29, 1.82) is 0 Å². The maximum atomic E-state index is 13.0. The lowest BCUT2D eigenvalue weighted by atomic mass is 9.92. The monoisotopic (exact) mass is 353 g/mol. The maximum absolute atomic E-state index is 13.0. The third-order valence-corrected chi connectivity index (χ3v) is 6.23. The number of likely N-dealkylation sites (tertiary alicyclic amines) is 1. The van der Waals surface area contributed by atoms with Crippen LogP contribution >= 0.6 is 0 Å². The molecular formula is C21H27N3O2. The zero-order valence-corrected chi connectivity index (χ0v) is 15.2. The fraction of sp³-hybridized carbons (Fsp3) is 0.571. The van der Waals surface area contributed by atoms with E-state index in [4.69, 9.17) is 4.74 Å². The summed E-state index contributed by atoms with van der Waals surface area (Å²) in [5, 5.41) is 1.09. The highest BCUT2D eigenvalue weighted by Gasteiger charge is 2.36. The smallest absolute Gasteiger partial charge is 0.253 e. The summed E-state index contributed by atoms with van der Waals surface area (Å²) in [7, 11) is 0. The van der Waals surface area contributed by atoms with E-state index >= 15 is 0 Å². The highest BCUT2D eigenvalue weighted by Crippen LogP contribution is 2.32. The van der Waals surface area contributed by atoms with E-state index < -0.39 is 0 Å². The van der Waals surface area contributed by atoms with Gasteiger partial charge in [-0.2, -0.15) is 0 Å². The Labute approximate surface area is 154 Å². The number of H-pyrrole nitrogens is 1. The van der Waals surface area contributed by atoms with Crippen molar-refractivity contribution >= 4 is 16.8 Å². The molecular weight excluding hydrogens is 326 g/mol. The predicted octanol–water partition coefficient (Wildman–Crippen LogP) is 2.74. The van der Waals surface area contributed by atoms with Gasteiger partial charge in [-0.3, -0.25) is 4.79 Å². The molecule has 2 aromatic rings. The number of piperidine rings is 1. The lowest BCUT2D eigenvalue weighted by Gasteiger charge is -2.38. The molecule has 2 saturated heterocycles. The van der Waals surface area contributed by atoms with Gasteiger partial charge in [0.2, 0.25) is 0 Å². The van der Waals surface area contributed by atoms with Crippen molar-refractivity contribution in [2.45, 2.75) is 25.4 Å². The zero-order valence-electron chi connectivity index (χ0n) is 15.2. The molecule has 1 aliphatic carbocycles. The molecule has 1 N–H and O–H groups in total. The van der Waals surface area contributed by atoms with Crippen LogP contribution in [0.25, 0.3) is 10.9 Å². The van der Waals surface area contributed by atoms with Crippen LogP contribution in [0.15, 0.2) is 30.5 Å². The van der Waals surface area contributed by atoms with Crippen LogP contribution in [0.4, 0.5) is 0 Å². The van der Waals surface area contributed by atoms with Gasteiger partial charge in [-0.15, -0.1) is 0 Å². The number of rotatable bonds is 3. The summed E-state index contributed by atoms with van der Waals surface area (Å²) in [6, 6.07) is 7.93. The lowest BCUT2D eigenvalue weighted by molar-refractivity contribution is -0.0171. The van der Waals surface area contributed by atoms with Crippen molar-refractivity contribution in [3.05, 3.63) is 36.0 Å². The molecule has 1 saturated carbocycles. The number of nitrogens with one attached hydrogen (secondary N) is 1. The lowest BCUT2D eigenvalue weighted by Crippen LogP contribution is -2.49. The molecule has 0 bridgehead atoms. The number of aromatic amines is 1. The quantitative estimate of drug-likeness (QED) is 0.923. The average Bonchev–Trinajstić information content (AvgIpc) is 3.39. The largest absolute Gasteiger partial charge is 0.375 e. The second kappa shape index (κ2) is 6.71. The fourth-order valence-electron chi connectivity index (χ4n) is 4.50. The minimum Gasteiger partial charge on any atom is -0.375 e. The maximum Gasteiger partial charge on any atom is 0.253 e. The van der Waals surface area contributed by atoms with Crippen LogP contribution in [0.5, 0.6) is 0 Å². The number of benzene rings is 1. The molecule has 1 aromatic carbocycles. The normalized spacial score (nSPS) is 27.3. The second-order valence-electron chi connectivity index (χ2n) is 8.19. The molecule has 26 heavy (non-hydrogen) atoms. The van der Waals surface area contributed by atoms with E-state index in [9.17, 15) is 4.79 Å². The molecule has 3 aliphatic rings. The van der Waals surface area contributed by atoms with Gasteiger partial charge in [0.15, 0.2) is 0 Å². The Morgan fingerprint density at radius 3 is 2.96 bits per heavy atom. The van der Waals surface area contributed by atoms with Gasteiger partial charge in [0, 0.05) is 61.3 Å². The Bertz CT molecular complexity index is 797. The van der Waals surface area contributed by atoms with Gasteiger partial charge < -0.3 is 19.5 Å². The van der Waals surface area contributed by atoms with Gasteiger partial charge in [-0.1, -0.05) is 0 Å². The third kappa shape index (κ3) is 3.26. The zero-order chi connectivity index (χ0) is 17.5. The van der Waals surface area contributed by atoms with E-state index in [1.54, 1.807) is 0 Å². The van der Waals surface area contributed by atoms with E-state index in [0.717, 1.165) is 61.6 Å². The number of nitrogens with zero attached hydrogens (tertiary/aromatic N) is 2. The van der Waals surface area contributed by atoms with Crippen molar-refractivity contribution in [3.63, 3.8) is 0 Å². The molecule has 0 unspecified atom stereocenters. The Balaban J connectivity index is 1.26. The fourth-order valence-corrected chi connectivity index (χ4v) is 4.50. The van der Waals surface area contributed by atoms with Gasteiger partial charge >= 0.3 is 0 Å². The van der Waals surface area contributed by atoms with Crippen molar-refractivity contribution in [2.24, 2.45) is 11.8 Å². The van der Waals surface area contributed by atoms with Crippen LogP contribution in [-0.2, 0) is 4.74 Å². The van der Waals surface area contributed by atoms with E-state index in [0.29, 0.717) is 5.92 Å². The molecule has 2 aliphatic heterocycles. The summed E-state index contributed by atoms with van der Waals surface area (Å²) in [6.45, 7) is 5.79. The number of fused-ring (bicyclic) bond motifs is 2. The summed E-state index contributed by atoms with van der Waals surface area (Å²) in [5.41, 5.74) is 1.85. The van der Waals surface area contributed by atoms with Crippen molar-refractivity contribution in [1.82, 2.24) is 14.8 Å². The molecule has 5 nitrogen and oxygen atoms in total. The van der Waals surface area contributed by atoms with E-state index in [1.165, 1.54) is 19.4 Å². The van der Waals surface area contributed by atoms with Gasteiger partial charge in [0.1, 0.15) is 0 Å². The third-order valence-electron chi connectivity index (χ3n) is 6.23. The summed E-state index contributed by atoms with van der Waals surface area (Å²) in [5.74, 6) is 1.62. The number of aromatic nitrogens is 1. The van der Waals surface area contributed by atoms with Gasteiger partial charge in [0.05, 0.1) is 12.7 Å². The van der Waals surface area contributed by atoms with Gasteiger partial charge in [-0.25, -0.2) is 0 Å². The highest BCUT2D eigenvalue weighted by atomic mass is 16.5. The molecule has 5 rings (SSSR count). The Kier molecular flexibility index (Phi) is 4.21. The predicted molar refractivity (Wildman–Crippen MR) is 101 cm³/mol. The first kappa shape index (κ1) is 16.3. The van der Waals surface area contributed by atoms with E-state index in [-0.39, 0.29) is 12.0 Å². The number of amides is 1. The topological polar surface area (TPSA) is 48.6 Å². The summed E-state index contributed by atoms with van der Waals surface area (Å²) < 4.78 is 6.17. The van der Waals surface area contributed by atoms with Crippen LogP contribution in [0, 0.1) is 11.8 Å². The van der Waals surface area contributed by atoms with Crippen molar-refractivity contribution in [3.8, 4) is 0 Å². The highest BCUT2D eigenvalue weighted by molar-refractivity contribution is 5.98. The second-order valence-corrected chi connectivity index (χ2v) is 8.19. The van der Waals surface area contributed by atoms with E-state index in [1.807, 2.05) is 35.4 Å². The number of carbonyl (C=O) groups excluding carboxylic acids is 1. The van der Waals surface area contributed by atoms with Gasteiger partial charge in [-0.05, 0) is 49.4 Å². The average molecular weight is 353 g/mol. The first-order valence-electron chi connectivity index (χ1n) is 9.96. The summed E-state index contributed by atoms with van der Waals surface area (Å²) in [6.07, 6.45) is 5.95. The van der Waals surface area contributed by atoms with Crippen LogP contribution in [-0.4, -0.2) is 66.1 Å². The first-order chi connectivity index (χ1) is 12.8. The number of carbonyl (C=O) groups is 1. The minimum absolute atomic E-state index is 0.134. The van der Waals surface area contributed by atoms with Crippen molar-refractivity contribution in [2.75, 3.05) is 39.3 Å².